The Morgan fingerprint density at radius 3 is 2.57 bits per heavy atom. The number of nitrogens with zero attached hydrogens (tertiary/aromatic N) is 2. The van der Waals surface area contributed by atoms with Gasteiger partial charge in [0, 0.05) is 31.4 Å². The van der Waals surface area contributed by atoms with Crippen LogP contribution in [0.5, 0.6) is 0 Å². The highest BCUT2D eigenvalue weighted by molar-refractivity contribution is 9.10. The van der Waals surface area contributed by atoms with E-state index in [0.717, 1.165) is 23.0 Å². The summed E-state index contributed by atoms with van der Waals surface area (Å²) in [4.78, 5) is 19.7. The van der Waals surface area contributed by atoms with E-state index in [1.807, 2.05) is 12.3 Å². The molecule has 4 bridgehead atoms. The lowest BCUT2D eigenvalue weighted by Gasteiger charge is -2.54. The quantitative estimate of drug-likeness (QED) is 0.716. The van der Waals surface area contributed by atoms with Gasteiger partial charge in [-0.25, -0.2) is 4.98 Å². The van der Waals surface area contributed by atoms with E-state index in [-0.39, 0.29) is 18.1 Å². The van der Waals surface area contributed by atoms with E-state index in [0.29, 0.717) is 31.0 Å². The molecule has 2 heterocycles. The minimum absolute atomic E-state index is 0.100. The average molecular weight is 448 g/mol. The first-order valence-corrected chi connectivity index (χ1v) is 11.6. The lowest BCUT2D eigenvalue weighted by molar-refractivity contribution is -0.143. The lowest BCUT2D eigenvalue weighted by Crippen LogP contribution is -2.59. The number of hydrogen-bond acceptors (Lipinski definition) is 4. The molecule has 4 saturated carbocycles. The molecule has 1 aliphatic heterocycles. The Labute approximate surface area is 175 Å². The molecule has 1 saturated heterocycles. The van der Waals surface area contributed by atoms with Gasteiger partial charge in [0.25, 0.3) is 5.91 Å². The van der Waals surface area contributed by atoms with Gasteiger partial charge in [-0.15, -0.1) is 0 Å². The largest absolute Gasteiger partial charge is 0.366 e. The van der Waals surface area contributed by atoms with Crippen molar-refractivity contribution >= 4 is 21.8 Å². The molecular weight excluding hydrogens is 418 g/mol. The van der Waals surface area contributed by atoms with Crippen molar-refractivity contribution in [1.82, 2.24) is 15.2 Å². The number of ether oxygens (including phenoxy) is 1. The van der Waals surface area contributed by atoms with Crippen LogP contribution < -0.4 is 5.32 Å². The molecule has 0 spiro atoms. The second kappa shape index (κ2) is 7.69. The zero-order valence-corrected chi connectivity index (χ0v) is 18.1. The molecule has 6 rings (SSSR count). The van der Waals surface area contributed by atoms with Crippen LogP contribution in [-0.4, -0.2) is 47.6 Å². The van der Waals surface area contributed by atoms with Crippen molar-refractivity contribution in [2.75, 3.05) is 19.7 Å². The van der Waals surface area contributed by atoms with E-state index < -0.39 is 0 Å². The minimum Gasteiger partial charge on any atom is -0.366 e. The van der Waals surface area contributed by atoms with Gasteiger partial charge in [0.05, 0.1) is 6.61 Å². The van der Waals surface area contributed by atoms with E-state index in [2.05, 4.69) is 44.1 Å². The molecule has 1 N–H and O–H groups in total. The van der Waals surface area contributed by atoms with Crippen LogP contribution in [0.15, 0.2) is 22.9 Å². The van der Waals surface area contributed by atoms with Crippen LogP contribution >= 0.6 is 15.9 Å². The Kier molecular flexibility index (Phi) is 5.22. The minimum atomic E-state index is -0.364. The fraction of sp³-hybridized carbons (Fsp3) is 0.727. The maximum Gasteiger partial charge on any atom is 0.250 e. The summed E-state index contributed by atoms with van der Waals surface area (Å²) in [5, 5.41) is 3.43. The van der Waals surface area contributed by atoms with E-state index in [4.69, 9.17) is 4.74 Å². The number of pyridine rings is 1. The Morgan fingerprint density at radius 2 is 1.93 bits per heavy atom. The maximum atomic E-state index is 13.1. The van der Waals surface area contributed by atoms with Crippen molar-refractivity contribution in [3.63, 3.8) is 0 Å². The molecule has 1 amide bonds. The Bertz CT molecular complexity index is 697. The van der Waals surface area contributed by atoms with Gasteiger partial charge in [0.1, 0.15) is 10.7 Å². The van der Waals surface area contributed by atoms with Gasteiger partial charge >= 0.3 is 0 Å². The zero-order chi connectivity index (χ0) is 19.3. The second-order valence-electron chi connectivity index (χ2n) is 9.41. The molecule has 5 aliphatic rings. The molecule has 5 nitrogen and oxygen atoms in total. The first-order chi connectivity index (χ1) is 13.6. The lowest BCUT2D eigenvalue weighted by atomic mass is 9.54. The van der Waals surface area contributed by atoms with E-state index in [9.17, 15) is 4.79 Å². The highest BCUT2D eigenvalue weighted by atomic mass is 79.9. The number of carbonyl (C=O) groups is 1. The molecule has 0 aromatic carbocycles. The Morgan fingerprint density at radius 1 is 1.21 bits per heavy atom. The second-order valence-corrected chi connectivity index (χ2v) is 10.2. The van der Waals surface area contributed by atoms with Gasteiger partial charge in [-0.3, -0.25) is 9.69 Å². The van der Waals surface area contributed by atoms with Crippen molar-refractivity contribution in [1.29, 1.82) is 0 Å². The van der Waals surface area contributed by atoms with Crippen LogP contribution in [0, 0.1) is 23.7 Å². The molecule has 1 aromatic rings. The first-order valence-electron chi connectivity index (χ1n) is 10.8. The van der Waals surface area contributed by atoms with Crippen molar-refractivity contribution < 1.29 is 9.53 Å². The number of amides is 1. The van der Waals surface area contributed by atoms with Crippen LogP contribution in [0.25, 0.3) is 0 Å². The van der Waals surface area contributed by atoms with E-state index in [1.54, 1.807) is 0 Å². The molecule has 152 valence electrons. The number of rotatable bonds is 4. The summed E-state index contributed by atoms with van der Waals surface area (Å²) in [6, 6.07) is 4.68. The van der Waals surface area contributed by atoms with Crippen molar-refractivity contribution in [3.05, 3.63) is 28.5 Å². The third-order valence-corrected chi connectivity index (χ3v) is 8.18. The Balaban J connectivity index is 1.21. The fourth-order valence-electron chi connectivity index (χ4n) is 6.44. The molecule has 2 unspecified atom stereocenters. The molecule has 1 aromatic heterocycles. The van der Waals surface area contributed by atoms with Crippen molar-refractivity contribution in [2.45, 2.75) is 57.2 Å². The zero-order valence-electron chi connectivity index (χ0n) is 16.5. The van der Waals surface area contributed by atoms with Gasteiger partial charge in [0.2, 0.25) is 0 Å². The molecule has 5 fully saturated rings. The van der Waals surface area contributed by atoms with Gasteiger partial charge in [-0.05, 0) is 90.3 Å². The first kappa shape index (κ1) is 19.0. The van der Waals surface area contributed by atoms with Crippen molar-refractivity contribution in [2.24, 2.45) is 23.7 Å². The summed E-state index contributed by atoms with van der Waals surface area (Å²) >= 11 is 3.40. The predicted molar refractivity (Wildman–Crippen MR) is 111 cm³/mol. The normalized spacial score (nSPS) is 38.4. The number of morpholine rings is 1. The highest BCUT2D eigenvalue weighted by Gasteiger charge is 2.49. The monoisotopic (exact) mass is 447 g/mol. The van der Waals surface area contributed by atoms with Gasteiger partial charge in [-0.1, -0.05) is 6.07 Å². The number of carbonyl (C=O) groups excluding carboxylic acids is 1. The SMILES string of the molecule is CC(c1ccc(Br)nc1)N1CCOC(C(=O)NC2C3CC4CC(C3)CC2C4)C1. The Hall–Kier alpha value is -0.980. The number of halogens is 1. The van der Waals surface area contributed by atoms with Crippen LogP contribution in [0.1, 0.15) is 50.6 Å². The molecule has 0 radical (unpaired) electrons. The summed E-state index contributed by atoms with van der Waals surface area (Å²) in [6.45, 7) is 4.28. The van der Waals surface area contributed by atoms with Crippen LogP contribution in [-0.2, 0) is 9.53 Å². The average Bonchev–Trinajstić information content (AvgIpc) is 2.70. The number of aromatic nitrogens is 1. The standard InChI is InChI=1S/C22H30BrN3O2/c1-13(16-2-3-20(23)24-11-16)26-4-5-28-19(12-26)22(27)25-21-17-7-14-6-15(9-17)10-18(21)8-14/h2-3,11,13-15,17-19,21H,4-10,12H2,1H3,(H,25,27). The van der Waals surface area contributed by atoms with Crippen LogP contribution in [0.4, 0.5) is 0 Å². The van der Waals surface area contributed by atoms with Gasteiger partial charge in [0.15, 0.2) is 0 Å². The molecule has 6 heteroatoms. The van der Waals surface area contributed by atoms with Crippen LogP contribution in [0.2, 0.25) is 0 Å². The molecule has 28 heavy (non-hydrogen) atoms. The summed E-state index contributed by atoms with van der Waals surface area (Å²) in [7, 11) is 0. The summed E-state index contributed by atoms with van der Waals surface area (Å²) in [5.41, 5.74) is 1.17. The molecule has 4 aliphatic carbocycles. The summed E-state index contributed by atoms with van der Waals surface area (Å²) in [5.74, 6) is 3.36. The third kappa shape index (κ3) is 3.63. The van der Waals surface area contributed by atoms with Gasteiger partial charge < -0.3 is 10.1 Å². The van der Waals surface area contributed by atoms with Crippen molar-refractivity contribution in [3.8, 4) is 0 Å². The van der Waals surface area contributed by atoms with Crippen LogP contribution in [0.3, 0.4) is 0 Å². The topological polar surface area (TPSA) is 54.5 Å². The molecular formula is C22H30BrN3O2. The highest BCUT2D eigenvalue weighted by Crippen LogP contribution is 2.53. The molecule has 2 atom stereocenters. The summed E-state index contributed by atoms with van der Waals surface area (Å²) in [6.07, 6.45) is 8.28. The van der Waals surface area contributed by atoms with E-state index in [1.165, 1.54) is 37.7 Å². The predicted octanol–water partition coefficient (Wildman–Crippen LogP) is 3.55. The fourth-order valence-corrected chi connectivity index (χ4v) is 6.68. The van der Waals surface area contributed by atoms with E-state index >= 15 is 0 Å². The third-order valence-electron chi connectivity index (χ3n) is 7.71. The summed E-state index contributed by atoms with van der Waals surface area (Å²) < 4.78 is 6.74. The maximum absolute atomic E-state index is 13.1. The smallest absolute Gasteiger partial charge is 0.250 e. The van der Waals surface area contributed by atoms with Gasteiger partial charge in [-0.2, -0.15) is 0 Å². The number of nitrogens with one attached hydrogen (secondary N) is 1. The number of hydrogen-bond donors (Lipinski definition) is 1.